The van der Waals surface area contributed by atoms with Gasteiger partial charge < -0.3 is 4.90 Å². The zero-order chi connectivity index (χ0) is 24.4. The number of hydrogen-bond donors (Lipinski definition) is 0. The molecule has 7 heteroatoms. The van der Waals surface area contributed by atoms with E-state index in [1.807, 2.05) is 79.0 Å². The molecule has 0 saturated carbocycles. The molecule has 1 amide bonds. The molecule has 3 aromatic carbocycles. The second-order valence-electron chi connectivity index (χ2n) is 8.18. The quantitative estimate of drug-likeness (QED) is 0.268. The van der Waals surface area contributed by atoms with E-state index in [2.05, 4.69) is 0 Å². The first-order valence-corrected chi connectivity index (χ1v) is 12.4. The van der Waals surface area contributed by atoms with Gasteiger partial charge in [-0.15, -0.1) is 11.3 Å². The Kier molecular flexibility index (Phi) is 6.49. The van der Waals surface area contributed by atoms with E-state index in [0.29, 0.717) is 38.9 Å². The van der Waals surface area contributed by atoms with E-state index in [4.69, 9.17) is 16.6 Å². The predicted octanol–water partition coefficient (Wildman–Crippen LogP) is 6.50. The second-order valence-corrected chi connectivity index (χ2v) is 9.56. The number of aromatic nitrogens is 2. The fourth-order valence-corrected chi connectivity index (χ4v) is 5.00. The first-order valence-electron chi connectivity index (χ1n) is 11.2. The molecule has 0 radical (unpaired) electrons. The van der Waals surface area contributed by atoms with Gasteiger partial charge in [0.05, 0.1) is 27.5 Å². The molecular formula is C28H22ClN3O2S. The van der Waals surface area contributed by atoms with E-state index in [0.717, 1.165) is 5.56 Å². The molecule has 35 heavy (non-hydrogen) atoms. The molecule has 0 aliphatic heterocycles. The Morgan fingerprint density at radius 3 is 2.51 bits per heavy atom. The third kappa shape index (κ3) is 4.63. The van der Waals surface area contributed by atoms with E-state index < -0.39 is 6.04 Å². The zero-order valence-electron chi connectivity index (χ0n) is 19.0. The number of halogens is 1. The number of fused-ring (bicyclic) bond motifs is 1. The molecule has 1 unspecified atom stereocenters. The molecule has 0 aliphatic rings. The van der Waals surface area contributed by atoms with Gasteiger partial charge in [0.2, 0.25) is 0 Å². The number of amides is 1. The SMILES string of the molecule is CC(c1nc2ccccc2c(=O)n1-c1cccc(Cl)c1)N(Cc1ccccc1)C(=O)c1cccs1. The minimum atomic E-state index is -0.513. The van der Waals surface area contributed by atoms with Crippen molar-refractivity contribution in [3.63, 3.8) is 0 Å². The van der Waals surface area contributed by atoms with Crippen LogP contribution in [0, 0.1) is 0 Å². The summed E-state index contributed by atoms with van der Waals surface area (Å²) in [5, 5.41) is 2.90. The Labute approximate surface area is 211 Å². The van der Waals surface area contributed by atoms with E-state index in [1.165, 1.54) is 11.3 Å². The van der Waals surface area contributed by atoms with Crippen molar-refractivity contribution in [2.45, 2.75) is 19.5 Å². The van der Waals surface area contributed by atoms with Gasteiger partial charge in [0, 0.05) is 11.6 Å². The van der Waals surface area contributed by atoms with Crippen LogP contribution in [0.2, 0.25) is 5.02 Å². The maximum atomic E-state index is 13.7. The van der Waals surface area contributed by atoms with Crippen LogP contribution in [0.3, 0.4) is 0 Å². The maximum absolute atomic E-state index is 13.7. The maximum Gasteiger partial charge on any atom is 0.266 e. The monoisotopic (exact) mass is 499 g/mol. The summed E-state index contributed by atoms with van der Waals surface area (Å²) in [7, 11) is 0. The van der Waals surface area contributed by atoms with Crippen LogP contribution >= 0.6 is 22.9 Å². The van der Waals surface area contributed by atoms with Gasteiger partial charge in [0.15, 0.2) is 0 Å². The van der Waals surface area contributed by atoms with Gasteiger partial charge in [-0.2, -0.15) is 0 Å². The fourth-order valence-electron chi connectivity index (χ4n) is 4.14. The second kappa shape index (κ2) is 9.86. The van der Waals surface area contributed by atoms with Gasteiger partial charge >= 0.3 is 0 Å². The predicted molar refractivity (Wildman–Crippen MR) is 141 cm³/mol. The molecule has 0 saturated heterocycles. The van der Waals surface area contributed by atoms with Gasteiger partial charge in [-0.3, -0.25) is 14.2 Å². The minimum absolute atomic E-state index is 0.114. The van der Waals surface area contributed by atoms with Gasteiger partial charge in [0.25, 0.3) is 11.5 Å². The number of para-hydroxylation sites is 1. The van der Waals surface area contributed by atoms with Crippen molar-refractivity contribution >= 4 is 39.7 Å². The Morgan fingerprint density at radius 1 is 1.00 bits per heavy atom. The van der Waals surface area contributed by atoms with Crippen molar-refractivity contribution in [2.24, 2.45) is 0 Å². The van der Waals surface area contributed by atoms with E-state index in [-0.39, 0.29) is 11.5 Å². The van der Waals surface area contributed by atoms with E-state index in [9.17, 15) is 9.59 Å². The van der Waals surface area contributed by atoms with Gasteiger partial charge in [-0.05, 0) is 54.3 Å². The Balaban J connectivity index is 1.71. The van der Waals surface area contributed by atoms with Crippen LogP contribution in [0.25, 0.3) is 16.6 Å². The summed E-state index contributed by atoms with van der Waals surface area (Å²) < 4.78 is 1.57. The molecular weight excluding hydrogens is 478 g/mol. The van der Waals surface area contributed by atoms with Crippen LogP contribution in [0.4, 0.5) is 0 Å². The van der Waals surface area contributed by atoms with Crippen molar-refractivity contribution in [3.05, 3.63) is 128 Å². The van der Waals surface area contributed by atoms with Crippen LogP contribution in [-0.4, -0.2) is 20.4 Å². The van der Waals surface area contributed by atoms with E-state index in [1.54, 1.807) is 33.7 Å². The van der Waals surface area contributed by atoms with Gasteiger partial charge in [0.1, 0.15) is 5.82 Å². The van der Waals surface area contributed by atoms with Crippen LogP contribution in [0.15, 0.2) is 101 Å². The molecule has 5 nitrogen and oxygen atoms in total. The van der Waals surface area contributed by atoms with Crippen LogP contribution in [0.5, 0.6) is 0 Å². The lowest BCUT2D eigenvalue weighted by Gasteiger charge is -2.30. The molecule has 5 aromatic rings. The smallest absolute Gasteiger partial charge is 0.266 e. The third-order valence-electron chi connectivity index (χ3n) is 5.90. The highest BCUT2D eigenvalue weighted by Gasteiger charge is 2.28. The minimum Gasteiger partial charge on any atom is -0.324 e. The third-order valence-corrected chi connectivity index (χ3v) is 6.99. The van der Waals surface area contributed by atoms with Crippen LogP contribution in [0.1, 0.15) is 34.0 Å². The number of carbonyl (C=O) groups excluding carboxylic acids is 1. The van der Waals surface area contributed by atoms with Crippen molar-refractivity contribution in [1.29, 1.82) is 0 Å². The van der Waals surface area contributed by atoms with Crippen molar-refractivity contribution in [2.75, 3.05) is 0 Å². The van der Waals surface area contributed by atoms with Crippen molar-refractivity contribution < 1.29 is 4.79 Å². The number of thiophene rings is 1. The average Bonchev–Trinajstić information content (AvgIpc) is 3.42. The fraction of sp³-hybridized carbons (Fsp3) is 0.107. The van der Waals surface area contributed by atoms with Crippen molar-refractivity contribution in [1.82, 2.24) is 14.5 Å². The summed E-state index contributed by atoms with van der Waals surface area (Å²) in [5.41, 5.74) is 1.97. The van der Waals surface area contributed by atoms with Crippen molar-refractivity contribution in [3.8, 4) is 5.69 Å². The average molecular weight is 500 g/mol. The Bertz CT molecular complexity index is 1550. The van der Waals surface area contributed by atoms with E-state index >= 15 is 0 Å². The number of hydrogen-bond acceptors (Lipinski definition) is 4. The topological polar surface area (TPSA) is 55.2 Å². The molecule has 2 aromatic heterocycles. The summed E-state index contributed by atoms with van der Waals surface area (Å²) in [5.74, 6) is 0.355. The molecule has 2 heterocycles. The Morgan fingerprint density at radius 2 is 1.77 bits per heavy atom. The highest BCUT2D eigenvalue weighted by atomic mass is 35.5. The molecule has 5 rings (SSSR count). The van der Waals surface area contributed by atoms with Crippen LogP contribution < -0.4 is 5.56 Å². The summed E-state index contributed by atoms with van der Waals surface area (Å²) in [6, 6.07) is 27.3. The number of rotatable bonds is 6. The largest absolute Gasteiger partial charge is 0.324 e. The normalized spacial score (nSPS) is 11.9. The highest BCUT2D eigenvalue weighted by molar-refractivity contribution is 7.12. The lowest BCUT2D eigenvalue weighted by Crippen LogP contribution is -2.36. The molecule has 0 aliphatic carbocycles. The number of nitrogens with zero attached hydrogens (tertiary/aromatic N) is 3. The molecule has 1 atom stereocenters. The lowest BCUT2D eigenvalue weighted by atomic mass is 10.1. The first-order chi connectivity index (χ1) is 17.0. The number of carbonyl (C=O) groups is 1. The lowest BCUT2D eigenvalue weighted by molar-refractivity contribution is 0.0669. The zero-order valence-corrected chi connectivity index (χ0v) is 20.5. The molecule has 0 bridgehead atoms. The number of benzene rings is 3. The molecule has 0 N–H and O–H groups in total. The molecule has 0 fully saturated rings. The molecule has 0 spiro atoms. The van der Waals surface area contributed by atoms with Gasteiger partial charge in [-0.1, -0.05) is 66.2 Å². The molecule has 174 valence electrons. The first kappa shape index (κ1) is 23.0. The highest BCUT2D eigenvalue weighted by Crippen LogP contribution is 2.28. The summed E-state index contributed by atoms with van der Waals surface area (Å²) in [6.45, 7) is 2.28. The summed E-state index contributed by atoms with van der Waals surface area (Å²) in [4.78, 5) is 34.7. The summed E-state index contributed by atoms with van der Waals surface area (Å²) in [6.07, 6.45) is 0. The van der Waals surface area contributed by atoms with Gasteiger partial charge in [-0.25, -0.2) is 4.98 Å². The standard InChI is InChI=1S/C28H22ClN3O2S/c1-19(31(18-20-9-3-2-4-10-20)28(34)25-15-8-16-35-25)26-30-24-14-6-5-13-23(24)27(33)32(26)22-12-7-11-21(29)17-22/h2-17,19H,18H2,1H3. The Hall–Kier alpha value is -3.74. The van der Waals surface area contributed by atoms with Crippen LogP contribution in [-0.2, 0) is 6.54 Å². The summed E-state index contributed by atoms with van der Waals surface area (Å²) >= 11 is 7.68.